The molecule has 1 unspecified atom stereocenters. The normalized spacial score (nSPS) is 22.4. The predicted molar refractivity (Wildman–Crippen MR) is 80.6 cm³/mol. The molecule has 1 aliphatic heterocycles. The number of likely N-dealkylation sites (tertiary alicyclic amines) is 1. The molecular formula is C13H22Cl2N2O2. The van der Waals surface area contributed by atoms with E-state index in [1.165, 1.54) is 0 Å². The van der Waals surface area contributed by atoms with Gasteiger partial charge >= 0.3 is 0 Å². The Hall–Kier alpha value is -0.550. The van der Waals surface area contributed by atoms with Crippen LogP contribution in [0.1, 0.15) is 6.42 Å². The fourth-order valence-electron chi connectivity index (χ4n) is 2.37. The van der Waals surface area contributed by atoms with E-state index in [9.17, 15) is 0 Å². The Morgan fingerprint density at radius 2 is 2.16 bits per heavy atom. The van der Waals surface area contributed by atoms with Crippen molar-refractivity contribution in [1.82, 2.24) is 9.88 Å². The molecule has 4 nitrogen and oxygen atoms in total. The number of nitrogens with zero attached hydrogens (tertiary/aromatic N) is 2. The van der Waals surface area contributed by atoms with Gasteiger partial charge in [0.25, 0.3) is 0 Å². The number of aromatic nitrogens is 1. The van der Waals surface area contributed by atoms with Crippen molar-refractivity contribution in [2.75, 3.05) is 33.9 Å². The van der Waals surface area contributed by atoms with Crippen LogP contribution in [0.3, 0.4) is 0 Å². The van der Waals surface area contributed by atoms with Gasteiger partial charge in [0.05, 0.1) is 12.8 Å². The van der Waals surface area contributed by atoms with Crippen molar-refractivity contribution in [3.63, 3.8) is 0 Å². The fourth-order valence-corrected chi connectivity index (χ4v) is 2.37. The molecule has 19 heavy (non-hydrogen) atoms. The number of hydrogen-bond donors (Lipinski definition) is 0. The van der Waals surface area contributed by atoms with Crippen LogP contribution < -0.4 is 4.74 Å². The number of rotatable bonds is 5. The van der Waals surface area contributed by atoms with Gasteiger partial charge in [-0.25, -0.2) is 0 Å². The summed E-state index contributed by atoms with van der Waals surface area (Å²) >= 11 is 0. The highest BCUT2D eigenvalue weighted by Crippen LogP contribution is 2.22. The first-order chi connectivity index (χ1) is 8.29. The van der Waals surface area contributed by atoms with Crippen molar-refractivity contribution in [1.29, 1.82) is 0 Å². The summed E-state index contributed by atoms with van der Waals surface area (Å²) in [6.45, 7) is 2.66. The topological polar surface area (TPSA) is 34.6 Å². The van der Waals surface area contributed by atoms with Gasteiger partial charge in [-0.2, -0.15) is 0 Å². The predicted octanol–water partition coefficient (Wildman–Crippen LogP) is 2.27. The first kappa shape index (κ1) is 18.4. The van der Waals surface area contributed by atoms with Crippen LogP contribution in [0.25, 0.3) is 0 Å². The molecule has 0 aromatic carbocycles. The Labute approximate surface area is 127 Å². The zero-order valence-corrected chi connectivity index (χ0v) is 13.0. The Morgan fingerprint density at radius 1 is 1.37 bits per heavy atom. The Balaban J connectivity index is 0.00000162. The molecule has 1 fully saturated rings. The summed E-state index contributed by atoms with van der Waals surface area (Å²) in [5, 5.41) is 0. The van der Waals surface area contributed by atoms with Crippen LogP contribution in [0.2, 0.25) is 0 Å². The number of hydrogen-bond acceptors (Lipinski definition) is 4. The summed E-state index contributed by atoms with van der Waals surface area (Å²) in [5.41, 5.74) is 0. The summed E-state index contributed by atoms with van der Waals surface area (Å²) in [5.74, 6) is 1.48. The molecule has 1 saturated heterocycles. The van der Waals surface area contributed by atoms with Crippen LogP contribution in [0.4, 0.5) is 0 Å². The average Bonchev–Trinajstić information content (AvgIpc) is 2.69. The minimum Gasteiger partial charge on any atom is -0.490 e. The third-order valence-corrected chi connectivity index (χ3v) is 3.25. The molecule has 2 rings (SSSR count). The zero-order chi connectivity index (χ0) is 12.1. The average molecular weight is 309 g/mol. The van der Waals surface area contributed by atoms with Gasteiger partial charge in [-0.15, -0.1) is 24.8 Å². The first-order valence-corrected chi connectivity index (χ1v) is 6.01. The van der Waals surface area contributed by atoms with Gasteiger partial charge in [0.15, 0.2) is 0 Å². The third kappa shape index (κ3) is 5.53. The maximum absolute atomic E-state index is 5.74. The summed E-state index contributed by atoms with van der Waals surface area (Å²) in [7, 11) is 3.91. The summed E-state index contributed by atoms with van der Waals surface area (Å²) in [4.78, 5) is 6.38. The van der Waals surface area contributed by atoms with Crippen LogP contribution in [-0.2, 0) is 4.74 Å². The summed E-state index contributed by atoms with van der Waals surface area (Å²) < 4.78 is 10.9. The second-order valence-corrected chi connectivity index (χ2v) is 4.65. The molecule has 0 amide bonds. The molecule has 1 aromatic rings. The second-order valence-electron chi connectivity index (χ2n) is 4.65. The highest BCUT2D eigenvalue weighted by atomic mass is 35.5. The lowest BCUT2D eigenvalue weighted by atomic mass is 10.1. The van der Waals surface area contributed by atoms with Crippen molar-refractivity contribution in [2.45, 2.75) is 12.5 Å². The fraction of sp³-hybridized carbons (Fsp3) is 0.615. The standard InChI is InChI=1S/C13H20N2O2.2ClH/c1-15-8-11(9-16-2)6-12(15)10-17-13-4-3-5-14-7-13;;/h3-5,7,11-12H,6,8-10H2,1-2H3;2*1H/t11?,12-;;/m0../s1. The molecule has 0 spiro atoms. The van der Waals surface area contributed by atoms with E-state index in [0.717, 1.165) is 31.9 Å². The van der Waals surface area contributed by atoms with E-state index in [4.69, 9.17) is 9.47 Å². The Morgan fingerprint density at radius 3 is 2.79 bits per heavy atom. The van der Waals surface area contributed by atoms with E-state index in [-0.39, 0.29) is 24.8 Å². The first-order valence-electron chi connectivity index (χ1n) is 6.01. The van der Waals surface area contributed by atoms with E-state index in [0.29, 0.717) is 12.0 Å². The number of pyridine rings is 1. The van der Waals surface area contributed by atoms with Gasteiger partial charge in [-0.3, -0.25) is 9.88 Å². The van der Waals surface area contributed by atoms with Crippen LogP contribution in [0.5, 0.6) is 5.75 Å². The minimum atomic E-state index is 0. The number of likely N-dealkylation sites (N-methyl/N-ethyl adjacent to an activating group) is 1. The van der Waals surface area contributed by atoms with Crippen molar-refractivity contribution in [2.24, 2.45) is 5.92 Å². The summed E-state index contributed by atoms with van der Waals surface area (Å²) in [6, 6.07) is 4.31. The quantitative estimate of drug-likeness (QED) is 0.836. The molecule has 6 heteroatoms. The van der Waals surface area contributed by atoms with Gasteiger partial charge in [-0.05, 0) is 31.5 Å². The molecule has 1 aliphatic rings. The van der Waals surface area contributed by atoms with Crippen LogP contribution in [0, 0.1) is 5.92 Å². The van der Waals surface area contributed by atoms with E-state index in [1.54, 1.807) is 19.5 Å². The molecule has 2 heterocycles. The maximum Gasteiger partial charge on any atom is 0.137 e. The molecule has 0 aliphatic carbocycles. The van der Waals surface area contributed by atoms with Crippen LogP contribution in [0.15, 0.2) is 24.5 Å². The van der Waals surface area contributed by atoms with Gasteiger partial charge < -0.3 is 9.47 Å². The molecule has 0 radical (unpaired) electrons. The highest BCUT2D eigenvalue weighted by Gasteiger charge is 2.29. The zero-order valence-electron chi connectivity index (χ0n) is 11.3. The number of halogens is 2. The highest BCUT2D eigenvalue weighted by molar-refractivity contribution is 5.85. The molecule has 1 aromatic heterocycles. The van der Waals surface area contributed by atoms with E-state index in [1.807, 2.05) is 12.1 Å². The molecule has 2 atom stereocenters. The molecular weight excluding hydrogens is 287 g/mol. The van der Waals surface area contributed by atoms with Gasteiger partial charge in [0.1, 0.15) is 12.4 Å². The van der Waals surface area contributed by atoms with Crippen LogP contribution in [-0.4, -0.2) is 49.8 Å². The minimum absolute atomic E-state index is 0. The number of methoxy groups -OCH3 is 1. The maximum atomic E-state index is 5.74. The van der Waals surface area contributed by atoms with E-state index in [2.05, 4.69) is 16.9 Å². The summed E-state index contributed by atoms with van der Waals surface area (Å²) in [6.07, 6.45) is 4.65. The lowest BCUT2D eigenvalue weighted by Crippen LogP contribution is -2.30. The van der Waals surface area contributed by atoms with Gasteiger partial charge in [0.2, 0.25) is 0 Å². The van der Waals surface area contributed by atoms with Crippen LogP contribution >= 0.6 is 24.8 Å². The van der Waals surface area contributed by atoms with Crippen molar-refractivity contribution < 1.29 is 9.47 Å². The van der Waals surface area contributed by atoms with Gasteiger partial charge in [0, 0.05) is 25.9 Å². The lowest BCUT2D eigenvalue weighted by Gasteiger charge is -2.19. The number of ether oxygens (including phenoxy) is 2. The van der Waals surface area contributed by atoms with Gasteiger partial charge in [-0.1, -0.05) is 0 Å². The van der Waals surface area contributed by atoms with Crippen molar-refractivity contribution >= 4 is 24.8 Å². The molecule has 0 saturated carbocycles. The van der Waals surface area contributed by atoms with Crippen molar-refractivity contribution in [3.8, 4) is 5.75 Å². The Kier molecular flexibility index (Phi) is 9.10. The third-order valence-electron chi connectivity index (χ3n) is 3.25. The molecule has 110 valence electrons. The largest absolute Gasteiger partial charge is 0.490 e. The molecule has 0 N–H and O–H groups in total. The second kappa shape index (κ2) is 9.37. The van der Waals surface area contributed by atoms with Crippen molar-refractivity contribution in [3.05, 3.63) is 24.5 Å². The lowest BCUT2D eigenvalue weighted by molar-refractivity contribution is 0.155. The van der Waals surface area contributed by atoms with E-state index >= 15 is 0 Å². The smallest absolute Gasteiger partial charge is 0.137 e. The SMILES string of the molecule is COCC1C[C@@H](COc2cccnc2)N(C)C1.Cl.Cl. The monoisotopic (exact) mass is 308 g/mol. The Bertz CT molecular complexity index is 341. The molecule has 0 bridgehead atoms. The van der Waals surface area contributed by atoms with E-state index < -0.39 is 0 Å².